The zero-order valence-electron chi connectivity index (χ0n) is 20.3. The number of aromatic nitrogens is 1. The largest absolute Gasteiger partial charge is 0.417 e. The number of halogens is 4. The molecule has 9 heteroatoms. The quantitative estimate of drug-likeness (QED) is 0.292. The number of benzene rings is 3. The third-order valence-electron chi connectivity index (χ3n) is 6.53. The van der Waals surface area contributed by atoms with Gasteiger partial charge in [-0.15, -0.1) is 0 Å². The number of nitrogens with one attached hydrogen (secondary N) is 1. The number of carbonyl (C=O) groups is 2. The summed E-state index contributed by atoms with van der Waals surface area (Å²) < 4.78 is 54.9. The Balaban J connectivity index is 1.64. The van der Waals surface area contributed by atoms with Crippen molar-refractivity contribution in [3.63, 3.8) is 0 Å². The molecule has 0 unspecified atom stereocenters. The van der Waals surface area contributed by atoms with Crippen LogP contribution >= 0.6 is 0 Å². The molecule has 0 fully saturated rings. The van der Waals surface area contributed by atoms with Gasteiger partial charge >= 0.3 is 6.18 Å². The molecule has 0 spiro atoms. The third-order valence-corrected chi connectivity index (χ3v) is 6.53. The van der Waals surface area contributed by atoms with Crippen LogP contribution in [0.15, 0.2) is 85.2 Å². The Hall–Kier alpha value is -4.53. The predicted octanol–water partition coefficient (Wildman–Crippen LogP) is 7.11. The smallest absolute Gasteiger partial charge is 0.322 e. The van der Waals surface area contributed by atoms with Crippen LogP contribution in [0, 0.1) is 5.82 Å². The highest BCUT2D eigenvalue weighted by atomic mass is 19.4. The Labute approximate surface area is 215 Å². The Morgan fingerprint density at radius 2 is 1.71 bits per heavy atom. The lowest BCUT2D eigenvalue weighted by Crippen LogP contribution is -2.33. The molecule has 0 aliphatic carbocycles. The maximum absolute atomic E-state index is 13.9. The van der Waals surface area contributed by atoms with Crippen LogP contribution in [0.25, 0.3) is 11.1 Å². The number of hydrogen-bond donors (Lipinski definition) is 1. The normalized spacial score (nSPS) is 14.4. The summed E-state index contributed by atoms with van der Waals surface area (Å²) in [6.45, 7) is 3.50. The summed E-state index contributed by atoms with van der Waals surface area (Å²) in [7, 11) is 0. The minimum absolute atomic E-state index is 0.148. The minimum Gasteiger partial charge on any atom is -0.322 e. The number of rotatable bonds is 4. The lowest BCUT2D eigenvalue weighted by Gasteiger charge is -2.21. The van der Waals surface area contributed by atoms with Crippen molar-refractivity contribution in [2.24, 2.45) is 0 Å². The second kappa shape index (κ2) is 9.09. The van der Waals surface area contributed by atoms with Crippen LogP contribution < -0.4 is 10.2 Å². The highest BCUT2D eigenvalue weighted by molar-refractivity contribution is 6.14. The van der Waals surface area contributed by atoms with Crippen LogP contribution in [-0.2, 0) is 16.4 Å². The molecule has 38 heavy (non-hydrogen) atoms. The van der Waals surface area contributed by atoms with Crippen LogP contribution in [0.3, 0.4) is 0 Å². The number of fused-ring (bicyclic) bond motifs is 1. The first-order valence-electron chi connectivity index (χ1n) is 11.6. The van der Waals surface area contributed by atoms with E-state index in [1.54, 1.807) is 56.6 Å². The van der Waals surface area contributed by atoms with E-state index in [1.807, 2.05) is 0 Å². The Kier molecular flexibility index (Phi) is 6.01. The first kappa shape index (κ1) is 25.1. The van der Waals surface area contributed by atoms with Crippen molar-refractivity contribution in [2.75, 3.05) is 10.2 Å². The molecule has 1 N–H and O–H groups in total. The average Bonchev–Trinajstić information content (AvgIpc) is 3.10. The summed E-state index contributed by atoms with van der Waals surface area (Å²) >= 11 is 0. The fourth-order valence-electron chi connectivity index (χ4n) is 4.74. The summed E-state index contributed by atoms with van der Waals surface area (Å²) in [6, 6.07) is 16.7. The maximum Gasteiger partial charge on any atom is 0.417 e. The topological polar surface area (TPSA) is 62.3 Å². The first-order valence-corrected chi connectivity index (χ1v) is 11.6. The maximum atomic E-state index is 13.9. The van der Waals surface area contributed by atoms with E-state index in [0.29, 0.717) is 28.1 Å². The summed E-state index contributed by atoms with van der Waals surface area (Å²) in [5, 5.41) is 2.41. The van der Waals surface area contributed by atoms with E-state index >= 15 is 0 Å². The van der Waals surface area contributed by atoms with Crippen LogP contribution in [0.1, 0.15) is 35.3 Å². The fraction of sp³-hybridized carbons (Fsp3) is 0.138. The van der Waals surface area contributed by atoms with Gasteiger partial charge in [-0.25, -0.2) is 4.39 Å². The van der Waals surface area contributed by atoms with Crippen molar-refractivity contribution in [3.8, 4) is 11.1 Å². The molecule has 2 heterocycles. The van der Waals surface area contributed by atoms with E-state index < -0.39 is 34.4 Å². The van der Waals surface area contributed by atoms with Gasteiger partial charge in [0.05, 0.1) is 34.1 Å². The van der Waals surface area contributed by atoms with E-state index in [2.05, 4.69) is 10.3 Å². The SMILES string of the molecule is CC1(C)C(=O)N(c2cccnc2)c2cccc(-c3ccc(C(F)(F)F)c(C(=O)Nc4ccc(F)cc4)c3)c21. The van der Waals surface area contributed by atoms with Gasteiger partial charge in [-0.1, -0.05) is 18.2 Å². The van der Waals surface area contributed by atoms with Crippen molar-refractivity contribution in [3.05, 3.63) is 108 Å². The lowest BCUT2D eigenvalue weighted by atomic mass is 9.81. The molecule has 0 radical (unpaired) electrons. The van der Waals surface area contributed by atoms with Crippen LogP contribution in [0.5, 0.6) is 0 Å². The number of amides is 2. The fourth-order valence-corrected chi connectivity index (χ4v) is 4.74. The zero-order valence-corrected chi connectivity index (χ0v) is 20.3. The number of pyridine rings is 1. The second-order valence-corrected chi connectivity index (χ2v) is 9.40. The van der Waals surface area contributed by atoms with Gasteiger partial charge in [-0.05, 0) is 85.1 Å². The summed E-state index contributed by atoms with van der Waals surface area (Å²) in [5.74, 6) is -1.75. The number of nitrogens with zero attached hydrogens (tertiary/aromatic N) is 2. The molecule has 192 valence electrons. The molecule has 4 aromatic rings. The van der Waals surface area contributed by atoms with Gasteiger partial charge in [0, 0.05) is 11.9 Å². The van der Waals surface area contributed by atoms with Gasteiger partial charge in [-0.3, -0.25) is 19.5 Å². The minimum atomic E-state index is -4.79. The predicted molar refractivity (Wildman–Crippen MR) is 136 cm³/mol. The number of anilines is 3. The highest BCUT2D eigenvalue weighted by Crippen LogP contribution is 2.49. The van der Waals surface area contributed by atoms with Gasteiger partial charge in [-0.2, -0.15) is 13.2 Å². The van der Waals surface area contributed by atoms with Crippen molar-refractivity contribution in [1.29, 1.82) is 0 Å². The Morgan fingerprint density at radius 1 is 0.974 bits per heavy atom. The summed E-state index contributed by atoms with van der Waals surface area (Å²) in [6.07, 6.45) is -1.64. The van der Waals surface area contributed by atoms with E-state index in [-0.39, 0.29) is 11.6 Å². The van der Waals surface area contributed by atoms with Gasteiger partial charge in [0.1, 0.15) is 5.82 Å². The molecule has 2 amide bonds. The third kappa shape index (κ3) is 4.30. The molecular formula is C29H21F4N3O2. The Morgan fingerprint density at radius 3 is 2.37 bits per heavy atom. The van der Waals surface area contributed by atoms with E-state index in [0.717, 1.165) is 18.2 Å². The Bertz CT molecular complexity index is 1550. The summed E-state index contributed by atoms with van der Waals surface area (Å²) in [4.78, 5) is 32.2. The van der Waals surface area contributed by atoms with Gasteiger partial charge < -0.3 is 5.32 Å². The zero-order chi connectivity index (χ0) is 27.2. The van der Waals surface area contributed by atoms with Gasteiger partial charge in [0.15, 0.2) is 0 Å². The van der Waals surface area contributed by atoms with Crippen molar-refractivity contribution in [2.45, 2.75) is 25.4 Å². The molecule has 1 aliphatic rings. The van der Waals surface area contributed by atoms with Crippen LogP contribution in [-0.4, -0.2) is 16.8 Å². The van der Waals surface area contributed by atoms with Gasteiger partial charge in [0.25, 0.3) is 5.91 Å². The molecular weight excluding hydrogens is 498 g/mol. The van der Waals surface area contributed by atoms with Gasteiger partial charge in [0.2, 0.25) is 5.91 Å². The first-order chi connectivity index (χ1) is 18.0. The molecule has 0 saturated heterocycles. The number of carbonyl (C=O) groups excluding carboxylic acids is 2. The molecule has 3 aromatic carbocycles. The van der Waals surface area contributed by atoms with Crippen molar-refractivity contribution in [1.82, 2.24) is 4.98 Å². The molecule has 1 aliphatic heterocycles. The molecule has 5 nitrogen and oxygen atoms in total. The van der Waals surface area contributed by atoms with E-state index in [1.165, 1.54) is 29.2 Å². The molecule has 0 saturated carbocycles. The van der Waals surface area contributed by atoms with E-state index in [9.17, 15) is 27.2 Å². The lowest BCUT2D eigenvalue weighted by molar-refractivity contribution is -0.137. The molecule has 1 aromatic heterocycles. The van der Waals surface area contributed by atoms with Crippen molar-refractivity contribution >= 4 is 28.9 Å². The number of alkyl halides is 3. The molecule has 0 atom stereocenters. The average molecular weight is 519 g/mol. The van der Waals surface area contributed by atoms with Crippen molar-refractivity contribution < 1.29 is 27.2 Å². The highest BCUT2D eigenvalue weighted by Gasteiger charge is 2.46. The second-order valence-electron chi connectivity index (χ2n) is 9.40. The standard InChI is InChI=1S/C29H21F4N3O2/c1-28(2)25-21(6-3-7-24(25)36(27(28)38)20-5-4-14-34-16-20)17-8-13-23(29(31,32)33)22(15-17)26(37)35-19-11-9-18(30)10-12-19/h3-16H,1-2H3,(H,35,37). The van der Waals surface area contributed by atoms with Crippen LogP contribution in [0.4, 0.5) is 34.6 Å². The monoisotopic (exact) mass is 519 g/mol. The molecule has 5 rings (SSSR count). The number of hydrogen-bond acceptors (Lipinski definition) is 3. The van der Waals surface area contributed by atoms with E-state index in [4.69, 9.17) is 0 Å². The van der Waals surface area contributed by atoms with Crippen LogP contribution in [0.2, 0.25) is 0 Å². The molecule has 0 bridgehead atoms. The summed E-state index contributed by atoms with van der Waals surface area (Å²) in [5.41, 5.74) is 0.0682.